The molecule has 4 heterocycles. The fraction of sp³-hybridized carbons (Fsp3) is 0.308. The van der Waals surface area contributed by atoms with Crippen LogP contribution in [0.2, 0.25) is 0 Å². The molecule has 0 bridgehead atoms. The van der Waals surface area contributed by atoms with Crippen LogP contribution in [0.25, 0.3) is 22.6 Å². The van der Waals surface area contributed by atoms with Crippen LogP contribution in [0.1, 0.15) is 25.7 Å². The van der Waals surface area contributed by atoms with Gasteiger partial charge in [-0.25, -0.2) is 9.97 Å². The summed E-state index contributed by atoms with van der Waals surface area (Å²) in [4.78, 5) is 39.8. The number of nitrogens with zero attached hydrogens (tertiary/aromatic N) is 5. The number of benzene rings is 2. The summed E-state index contributed by atoms with van der Waals surface area (Å²) in [5, 5.41) is 2.29. The predicted octanol–water partition coefficient (Wildman–Crippen LogP) is 4.25. The maximum atomic E-state index is 13.1. The molecule has 6 rings (SSSR count). The second-order valence-electron chi connectivity index (χ2n) is 9.31. The molecule has 0 atom stereocenters. The van der Waals surface area contributed by atoms with E-state index in [0.717, 1.165) is 25.2 Å². The van der Waals surface area contributed by atoms with Gasteiger partial charge in [0.25, 0.3) is 11.8 Å². The molecule has 0 radical (unpaired) electrons. The first kappa shape index (κ1) is 24.6. The average Bonchev–Trinajstić information content (AvgIpc) is 3.57. The first-order valence-corrected chi connectivity index (χ1v) is 12.9. The summed E-state index contributed by atoms with van der Waals surface area (Å²) in [6.07, 6.45) is -2.84. The van der Waals surface area contributed by atoms with Crippen LogP contribution in [0.4, 0.5) is 13.2 Å². The van der Waals surface area contributed by atoms with Crippen molar-refractivity contribution >= 4 is 34.3 Å². The molecule has 0 N–H and O–H groups in total. The zero-order chi connectivity index (χ0) is 26.4. The average molecular weight is 542 g/mol. The minimum Gasteiger partial charge on any atom is -0.436 e. The van der Waals surface area contributed by atoms with E-state index in [0.29, 0.717) is 47.8 Å². The molecule has 0 saturated carbocycles. The largest absolute Gasteiger partial charge is 0.436 e. The number of amides is 2. The van der Waals surface area contributed by atoms with Crippen LogP contribution < -0.4 is 0 Å². The number of oxazole rings is 1. The Labute approximate surface area is 219 Å². The van der Waals surface area contributed by atoms with Gasteiger partial charge in [-0.2, -0.15) is 13.2 Å². The molecule has 2 aromatic heterocycles. The Hall–Kier alpha value is -3.77. The van der Waals surface area contributed by atoms with Crippen molar-refractivity contribution in [2.24, 2.45) is 0 Å². The molecule has 38 heavy (non-hydrogen) atoms. The number of fused-ring (bicyclic) bond motifs is 1. The van der Waals surface area contributed by atoms with Crippen LogP contribution in [-0.2, 0) is 6.18 Å². The summed E-state index contributed by atoms with van der Waals surface area (Å²) in [6, 6.07) is 9.90. The third kappa shape index (κ3) is 4.65. The van der Waals surface area contributed by atoms with Crippen molar-refractivity contribution in [2.75, 3.05) is 39.3 Å². The normalized spacial score (nSPS) is 17.1. The second kappa shape index (κ2) is 9.52. The van der Waals surface area contributed by atoms with E-state index >= 15 is 0 Å². The van der Waals surface area contributed by atoms with E-state index < -0.39 is 11.7 Å². The summed E-state index contributed by atoms with van der Waals surface area (Å²) in [5.41, 5.74) is 0.652. The lowest BCUT2D eigenvalue weighted by Crippen LogP contribution is -2.64. The second-order valence-corrected chi connectivity index (χ2v) is 10.2. The van der Waals surface area contributed by atoms with Gasteiger partial charge in [0.15, 0.2) is 10.6 Å². The molecule has 12 heteroatoms. The van der Waals surface area contributed by atoms with E-state index in [1.165, 1.54) is 23.5 Å². The zero-order valence-corrected chi connectivity index (χ0v) is 20.8. The smallest absolute Gasteiger partial charge is 0.416 e. The zero-order valence-electron chi connectivity index (χ0n) is 20.0. The number of hydrogen-bond acceptors (Lipinski definition) is 7. The highest BCUT2D eigenvalue weighted by molar-refractivity contribution is 7.11. The van der Waals surface area contributed by atoms with Gasteiger partial charge in [0.05, 0.1) is 5.56 Å². The van der Waals surface area contributed by atoms with Crippen LogP contribution in [0, 0.1) is 0 Å². The Morgan fingerprint density at radius 3 is 2.47 bits per heavy atom. The van der Waals surface area contributed by atoms with E-state index in [1.807, 2.05) is 4.90 Å². The highest BCUT2D eigenvalue weighted by Crippen LogP contribution is 2.33. The maximum absolute atomic E-state index is 13.1. The highest BCUT2D eigenvalue weighted by atomic mass is 32.1. The third-order valence-electron chi connectivity index (χ3n) is 6.95. The Morgan fingerprint density at radius 1 is 0.974 bits per heavy atom. The lowest BCUT2D eigenvalue weighted by Gasteiger charge is -2.48. The molecule has 8 nitrogen and oxygen atoms in total. The van der Waals surface area contributed by atoms with Gasteiger partial charge >= 0.3 is 6.18 Å². The number of carbonyl (C=O) groups is 2. The van der Waals surface area contributed by atoms with Crippen molar-refractivity contribution in [3.8, 4) is 11.5 Å². The number of carbonyl (C=O) groups excluding carboxylic acids is 2. The molecule has 0 unspecified atom stereocenters. The third-order valence-corrected chi connectivity index (χ3v) is 7.72. The monoisotopic (exact) mass is 541 g/mol. The summed E-state index contributed by atoms with van der Waals surface area (Å²) in [7, 11) is 0. The number of hydrogen-bond donors (Lipinski definition) is 0. The van der Waals surface area contributed by atoms with Crippen LogP contribution in [0.3, 0.4) is 0 Å². The Bertz CT molecular complexity index is 1490. The van der Waals surface area contributed by atoms with E-state index in [1.54, 1.807) is 34.7 Å². The molecule has 2 fully saturated rings. The van der Waals surface area contributed by atoms with E-state index in [-0.39, 0.29) is 29.3 Å². The topological polar surface area (TPSA) is 82.8 Å². The number of aromatic nitrogens is 2. The van der Waals surface area contributed by atoms with Gasteiger partial charge < -0.3 is 14.2 Å². The van der Waals surface area contributed by atoms with Crippen molar-refractivity contribution in [3.05, 3.63) is 70.2 Å². The molecule has 2 saturated heterocycles. The Kier molecular flexibility index (Phi) is 6.15. The van der Waals surface area contributed by atoms with E-state index in [9.17, 15) is 22.8 Å². The molecule has 2 aromatic carbocycles. The number of halogens is 3. The van der Waals surface area contributed by atoms with Crippen LogP contribution >= 0.6 is 11.3 Å². The Balaban J connectivity index is 1.07. The maximum Gasteiger partial charge on any atom is 0.416 e. The quantitative estimate of drug-likeness (QED) is 0.384. The molecular formula is C26H22F3N5O3S. The predicted molar refractivity (Wildman–Crippen MR) is 134 cm³/mol. The molecule has 4 aromatic rings. The SMILES string of the molecule is O=C(c1ccc2nc(-c3cccc(C(F)(F)F)c3)oc2c1)N1CC(N2CCN(C(=O)c3nccs3)CC2)C1. The van der Waals surface area contributed by atoms with Gasteiger partial charge in [-0.15, -0.1) is 11.3 Å². The van der Waals surface area contributed by atoms with Gasteiger partial charge in [-0.1, -0.05) is 6.07 Å². The Morgan fingerprint density at radius 2 is 1.76 bits per heavy atom. The minimum absolute atomic E-state index is 0.0379. The summed E-state index contributed by atoms with van der Waals surface area (Å²) in [5.74, 6) is -0.117. The first-order valence-electron chi connectivity index (χ1n) is 12.1. The molecule has 0 spiro atoms. The van der Waals surface area contributed by atoms with Crippen molar-refractivity contribution in [1.29, 1.82) is 0 Å². The van der Waals surface area contributed by atoms with Gasteiger partial charge in [0.2, 0.25) is 5.89 Å². The van der Waals surface area contributed by atoms with Gasteiger partial charge in [0, 0.05) is 68.0 Å². The standard InChI is InChI=1S/C26H22F3N5O3S/c27-26(28,29)18-3-1-2-16(12-18)22-31-20-5-4-17(13-21(20)37-22)24(35)34-14-19(15-34)32-7-9-33(10-8-32)25(36)23-30-6-11-38-23/h1-6,11-13,19H,7-10,14-15H2. The summed E-state index contributed by atoms with van der Waals surface area (Å²) < 4.78 is 45.0. The van der Waals surface area contributed by atoms with Gasteiger partial charge in [-0.3, -0.25) is 14.5 Å². The lowest BCUT2D eigenvalue weighted by atomic mass is 10.0. The van der Waals surface area contributed by atoms with Crippen molar-refractivity contribution in [1.82, 2.24) is 24.7 Å². The number of thiazole rings is 1. The van der Waals surface area contributed by atoms with Crippen molar-refractivity contribution in [3.63, 3.8) is 0 Å². The summed E-state index contributed by atoms with van der Waals surface area (Å²) >= 11 is 1.34. The number of alkyl halides is 3. The fourth-order valence-corrected chi connectivity index (χ4v) is 5.40. The molecular weight excluding hydrogens is 519 g/mol. The van der Waals surface area contributed by atoms with Gasteiger partial charge in [0.1, 0.15) is 5.52 Å². The molecule has 2 amide bonds. The number of rotatable bonds is 4. The fourth-order valence-electron chi connectivity index (χ4n) is 4.80. The van der Waals surface area contributed by atoms with Gasteiger partial charge in [-0.05, 0) is 36.4 Å². The first-order chi connectivity index (χ1) is 18.3. The minimum atomic E-state index is -4.47. The van der Waals surface area contributed by atoms with E-state index in [2.05, 4.69) is 14.9 Å². The van der Waals surface area contributed by atoms with Crippen molar-refractivity contribution in [2.45, 2.75) is 12.2 Å². The summed E-state index contributed by atoms with van der Waals surface area (Å²) in [6.45, 7) is 3.91. The molecule has 2 aliphatic rings. The lowest BCUT2D eigenvalue weighted by molar-refractivity contribution is -0.137. The van der Waals surface area contributed by atoms with Crippen LogP contribution in [0.5, 0.6) is 0 Å². The van der Waals surface area contributed by atoms with E-state index in [4.69, 9.17) is 4.42 Å². The van der Waals surface area contributed by atoms with Crippen molar-refractivity contribution < 1.29 is 27.2 Å². The number of piperazine rings is 1. The van der Waals surface area contributed by atoms with Crippen LogP contribution in [-0.4, -0.2) is 81.8 Å². The molecule has 0 aliphatic carbocycles. The number of likely N-dealkylation sites (tertiary alicyclic amines) is 1. The molecule has 2 aliphatic heterocycles. The van der Waals surface area contributed by atoms with Crippen LogP contribution in [0.15, 0.2) is 58.5 Å². The molecule has 196 valence electrons. The highest BCUT2D eigenvalue weighted by Gasteiger charge is 2.37.